The van der Waals surface area contributed by atoms with E-state index in [9.17, 15) is 14.0 Å². The lowest BCUT2D eigenvalue weighted by atomic mass is 10.0. The van der Waals surface area contributed by atoms with Gasteiger partial charge in [0.1, 0.15) is 11.9 Å². The second-order valence-electron chi connectivity index (χ2n) is 4.77. The highest BCUT2D eigenvalue weighted by atomic mass is 19.1. The van der Waals surface area contributed by atoms with Crippen LogP contribution in [0.2, 0.25) is 0 Å². The molecule has 0 radical (unpaired) electrons. The van der Waals surface area contributed by atoms with E-state index in [-0.39, 0.29) is 11.7 Å². The van der Waals surface area contributed by atoms with Gasteiger partial charge in [0.05, 0.1) is 0 Å². The first-order chi connectivity index (χ1) is 9.58. The molecule has 1 N–H and O–H groups in total. The first kappa shape index (κ1) is 14.2. The topological polar surface area (TPSA) is 57.6 Å². The molecule has 1 saturated heterocycles. The Morgan fingerprint density at radius 2 is 1.95 bits per heavy atom. The summed E-state index contributed by atoms with van der Waals surface area (Å²) in [6.07, 6.45) is 5.04. The van der Waals surface area contributed by atoms with Gasteiger partial charge in [0.25, 0.3) is 0 Å². The maximum atomic E-state index is 12.8. The van der Waals surface area contributed by atoms with E-state index in [0.29, 0.717) is 18.5 Å². The number of aliphatic carboxylic acids is 1. The van der Waals surface area contributed by atoms with Gasteiger partial charge in [-0.3, -0.25) is 4.79 Å². The molecular weight excluding hydrogens is 261 g/mol. The molecule has 5 heteroatoms. The Hall–Kier alpha value is -2.17. The van der Waals surface area contributed by atoms with Crippen LogP contribution in [-0.2, 0) is 9.59 Å². The second-order valence-corrected chi connectivity index (χ2v) is 4.77. The van der Waals surface area contributed by atoms with Gasteiger partial charge in [0, 0.05) is 12.6 Å². The van der Waals surface area contributed by atoms with Gasteiger partial charge >= 0.3 is 5.97 Å². The fraction of sp³-hybridized carbons (Fsp3) is 0.333. The number of hydrogen-bond donors (Lipinski definition) is 1. The largest absolute Gasteiger partial charge is 0.480 e. The summed E-state index contributed by atoms with van der Waals surface area (Å²) >= 11 is 0. The van der Waals surface area contributed by atoms with Gasteiger partial charge in [-0.05, 0) is 43.0 Å². The highest BCUT2D eigenvalue weighted by Crippen LogP contribution is 2.18. The van der Waals surface area contributed by atoms with Gasteiger partial charge < -0.3 is 10.0 Å². The van der Waals surface area contributed by atoms with Crippen molar-refractivity contribution >= 4 is 18.0 Å². The molecule has 1 fully saturated rings. The minimum absolute atomic E-state index is 0.318. The minimum Gasteiger partial charge on any atom is -0.480 e. The number of halogens is 1. The lowest BCUT2D eigenvalue weighted by molar-refractivity contribution is -0.150. The third kappa shape index (κ3) is 3.44. The van der Waals surface area contributed by atoms with Crippen molar-refractivity contribution in [2.24, 2.45) is 0 Å². The van der Waals surface area contributed by atoms with E-state index >= 15 is 0 Å². The Labute approximate surface area is 116 Å². The molecule has 0 spiro atoms. The van der Waals surface area contributed by atoms with E-state index < -0.39 is 12.0 Å². The van der Waals surface area contributed by atoms with E-state index in [2.05, 4.69) is 0 Å². The smallest absolute Gasteiger partial charge is 0.326 e. The number of likely N-dealkylation sites (tertiary alicyclic amines) is 1. The second kappa shape index (κ2) is 6.32. The average molecular weight is 277 g/mol. The van der Waals surface area contributed by atoms with Crippen LogP contribution in [0.25, 0.3) is 6.08 Å². The van der Waals surface area contributed by atoms with Crippen molar-refractivity contribution < 1.29 is 19.1 Å². The standard InChI is InChI=1S/C15H16FNO3/c16-12-7-4-11(5-8-12)6-9-14(18)17-10-2-1-3-13(17)15(19)20/h4-9,13H,1-3,10H2,(H,19,20)/t13-/m1/s1. The molecule has 1 aliphatic heterocycles. The van der Waals surface area contributed by atoms with Crippen molar-refractivity contribution in [1.82, 2.24) is 4.90 Å². The molecule has 0 aromatic heterocycles. The zero-order chi connectivity index (χ0) is 14.5. The quantitative estimate of drug-likeness (QED) is 0.862. The molecule has 20 heavy (non-hydrogen) atoms. The van der Waals surface area contributed by atoms with Gasteiger partial charge in [0.15, 0.2) is 0 Å². The molecule has 2 rings (SSSR count). The van der Waals surface area contributed by atoms with Crippen LogP contribution in [0.5, 0.6) is 0 Å². The first-order valence-electron chi connectivity index (χ1n) is 6.55. The number of carboxylic acids is 1. The molecule has 0 bridgehead atoms. The maximum absolute atomic E-state index is 12.8. The molecule has 0 aliphatic carbocycles. The fourth-order valence-electron chi connectivity index (χ4n) is 2.29. The Morgan fingerprint density at radius 1 is 1.25 bits per heavy atom. The molecule has 1 aromatic rings. The van der Waals surface area contributed by atoms with Crippen molar-refractivity contribution in [2.75, 3.05) is 6.54 Å². The number of carboxylic acid groups (broad SMARTS) is 1. The summed E-state index contributed by atoms with van der Waals surface area (Å²) in [7, 11) is 0. The molecule has 0 saturated carbocycles. The summed E-state index contributed by atoms with van der Waals surface area (Å²) in [6, 6.07) is 5.00. The van der Waals surface area contributed by atoms with Gasteiger partial charge in [-0.2, -0.15) is 0 Å². The highest BCUT2D eigenvalue weighted by Gasteiger charge is 2.30. The zero-order valence-electron chi connectivity index (χ0n) is 11.0. The van der Waals surface area contributed by atoms with Crippen LogP contribution in [0.3, 0.4) is 0 Å². The SMILES string of the molecule is O=C(O)[C@H]1CCCCN1C(=O)C=Cc1ccc(F)cc1. The summed E-state index contributed by atoms with van der Waals surface area (Å²) in [5, 5.41) is 9.11. The first-order valence-corrected chi connectivity index (χ1v) is 6.55. The van der Waals surface area contributed by atoms with Crippen molar-refractivity contribution in [3.8, 4) is 0 Å². The third-order valence-electron chi connectivity index (χ3n) is 3.36. The number of piperidine rings is 1. The van der Waals surface area contributed by atoms with Crippen LogP contribution in [0.4, 0.5) is 4.39 Å². The van der Waals surface area contributed by atoms with Crippen LogP contribution in [0.15, 0.2) is 30.3 Å². The van der Waals surface area contributed by atoms with Crippen molar-refractivity contribution in [2.45, 2.75) is 25.3 Å². The van der Waals surface area contributed by atoms with Crippen LogP contribution in [-0.4, -0.2) is 34.5 Å². The molecule has 1 atom stereocenters. The minimum atomic E-state index is -0.965. The highest BCUT2D eigenvalue weighted by molar-refractivity contribution is 5.94. The van der Waals surface area contributed by atoms with E-state index in [1.807, 2.05) is 0 Å². The van der Waals surface area contributed by atoms with E-state index in [4.69, 9.17) is 5.11 Å². The number of benzene rings is 1. The molecule has 1 amide bonds. The zero-order valence-corrected chi connectivity index (χ0v) is 11.0. The van der Waals surface area contributed by atoms with Crippen LogP contribution in [0.1, 0.15) is 24.8 Å². The Bertz CT molecular complexity index is 524. The number of nitrogens with zero attached hydrogens (tertiary/aromatic N) is 1. The average Bonchev–Trinajstić information content (AvgIpc) is 2.46. The monoisotopic (exact) mass is 277 g/mol. The summed E-state index contributed by atoms with van der Waals surface area (Å²) in [6.45, 7) is 0.462. The number of hydrogen-bond acceptors (Lipinski definition) is 2. The number of amides is 1. The Kier molecular flexibility index (Phi) is 4.50. The maximum Gasteiger partial charge on any atom is 0.326 e. The molecule has 4 nitrogen and oxygen atoms in total. The van der Waals surface area contributed by atoms with Gasteiger partial charge in [-0.1, -0.05) is 12.1 Å². The lowest BCUT2D eigenvalue weighted by Crippen LogP contribution is -2.47. The fourth-order valence-corrected chi connectivity index (χ4v) is 2.29. The van der Waals surface area contributed by atoms with Gasteiger partial charge in [0.2, 0.25) is 5.91 Å². The van der Waals surface area contributed by atoms with Gasteiger partial charge in [-0.25, -0.2) is 9.18 Å². The van der Waals surface area contributed by atoms with Crippen LogP contribution >= 0.6 is 0 Å². The summed E-state index contributed by atoms with van der Waals surface area (Å²) in [5.74, 6) is -1.62. The Balaban J connectivity index is 2.06. The van der Waals surface area contributed by atoms with Crippen molar-refractivity contribution in [1.29, 1.82) is 0 Å². The predicted octanol–water partition coefficient (Wildman–Crippen LogP) is 2.30. The van der Waals surface area contributed by atoms with Crippen LogP contribution in [0, 0.1) is 5.82 Å². The predicted molar refractivity (Wildman–Crippen MR) is 72.4 cm³/mol. The summed E-state index contributed by atoms with van der Waals surface area (Å²) in [5.41, 5.74) is 0.698. The third-order valence-corrected chi connectivity index (χ3v) is 3.36. The molecular formula is C15H16FNO3. The number of rotatable bonds is 3. The van der Waals surface area contributed by atoms with Crippen molar-refractivity contribution in [3.63, 3.8) is 0 Å². The lowest BCUT2D eigenvalue weighted by Gasteiger charge is -2.32. The number of carbonyl (C=O) groups is 2. The molecule has 1 heterocycles. The van der Waals surface area contributed by atoms with E-state index in [0.717, 1.165) is 12.8 Å². The molecule has 1 aliphatic rings. The molecule has 1 aromatic carbocycles. The summed E-state index contributed by atoms with van der Waals surface area (Å²) in [4.78, 5) is 24.6. The molecule has 106 valence electrons. The van der Waals surface area contributed by atoms with E-state index in [1.54, 1.807) is 18.2 Å². The summed E-state index contributed by atoms with van der Waals surface area (Å²) < 4.78 is 12.8. The Morgan fingerprint density at radius 3 is 2.60 bits per heavy atom. The number of carbonyl (C=O) groups excluding carboxylic acids is 1. The van der Waals surface area contributed by atoms with Crippen molar-refractivity contribution in [3.05, 3.63) is 41.7 Å². The van der Waals surface area contributed by atoms with Crippen LogP contribution < -0.4 is 0 Å². The van der Waals surface area contributed by atoms with E-state index in [1.165, 1.54) is 23.1 Å². The van der Waals surface area contributed by atoms with Gasteiger partial charge in [-0.15, -0.1) is 0 Å². The molecule has 0 unspecified atom stereocenters. The normalized spacial score (nSPS) is 19.2.